The van der Waals surface area contributed by atoms with Gasteiger partial charge in [-0.25, -0.2) is 4.79 Å². The normalized spacial score (nSPS) is 18.7. The summed E-state index contributed by atoms with van der Waals surface area (Å²) in [6, 6.07) is 13.5. The number of ether oxygens (including phenoxy) is 2. The number of nitro benzene ring substituents is 1. The molecule has 0 saturated heterocycles. The summed E-state index contributed by atoms with van der Waals surface area (Å²) in [6.45, 7) is 2.26. The first-order valence-electron chi connectivity index (χ1n) is 8.67. The predicted octanol–water partition coefficient (Wildman–Crippen LogP) is 3.98. The second kappa shape index (κ2) is 6.85. The summed E-state index contributed by atoms with van der Waals surface area (Å²) in [5.74, 6) is -0.192. The number of nitro groups is 1. The first kappa shape index (κ1) is 17.2. The lowest BCUT2D eigenvalue weighted by Gasteiger charge is -2.31. The van der Waals surface area contributed by atoms with E-state index in [4.69, 9.17) is 13.9 Å². The molecule has 0 saturated carbocycles. The van der Waals surface area contributed by atoms with Crippen LogP contribution in [0.1, 0.15) is 30.4 Å². The largest absolute Gasteiger partial charge is 0.464 e. The number of nitrogens with zero attached hydrogens (tertiary/aromatic N) is 1. The summed E-state index contributed by atoms with van der Waals surface area (Å²) in [5.41, 5.74) is 0.540. The van der Waals surface area contributed by atoms with Crippen molar-refractivity contribution in [2.24, 2.45) is 0 Å². The van der Waals surface area contributed by atoms with E-state index in [0.29, 0.717) is 34.5 Å². The molecule has 0 N–H and O–H groups in total. The molecule has 0 bridgehead atoms. The molecule has 2 atom stereocenters. The van der Waals surface area contributed by atoms with Crippen molar-refractivity contribution in [2.45, 2.75) is 25.6 Å². The first-order chi connectivity index (χ1) is 13.1. The van der Waals surface area contributed by atoms with E-state index >= 15 is 0 Å². The predicted molar refractivity (Wildman–Crippen MR) is 98.1 cm³/mol. The molecular formula is C20H17NO6. The third-order valence-electron chi connectivity index (χ3n) is 4.69. The molecule has 7 heteroatoms. The average Bonchev–Trinajstić information content (AvgIpc) is 2.67. The molecule has 2 heterocycles. The highest BCUT2D eigenvalue weighted by atomic mass is 16.7. The lowest BCUT2D eigenvalue weighted by Crippen LogP contribution is -2.32. The Morgan fingerprint density at radius 2 is 1.93 bits per heavy atom. The molecule has 0 aliphatic carbocycles. The van der Waals surface area contributed by atoms with Crippen LogP contribution in [0.2, 0.25) is 0 Å². The monoisotopic (exact) mass is 367 g/mol. The van der Waals surface area contributed by atoms with Gasteiger partial charge in [0.1, 0.15) is 11.3 Å². The van der Waals surface area contributed by atoms with Crippen LogP contribution < -0.4 is 10.4 Å². The van der Waals surface area contributed by atoms with Crippen molar-refractivity contribution in [3.63, 3.8) is 0 Å². The summed E-state index contributed by atoms with van der Waals surface area (Å²) in [4.78, 5) is 23.8. The molecule has 0 fully saturated rings. The van der Waals surface area contributed by atoms with Crippen LogP contribution >= 0.6 is 0 Å². The van der Waals surface area contributed by atoms with Gasteiger partial charge in [-0.1, -0.05) is 30.3 Å². The van der Waals surface area contributed by atoms with Crippen molar-refractivity contribution >= 4 is 16.7 Å². The Hall–Kier alpha value is -3.19. The van der Waals surface area contributed by atoms with Gasteiger partial charge in [0.15, 0.2) is 0 Å². The minimum atomic E-state index is -0.613. The van der Waals surface area contributed by atoms with E-state index in [2.05, 4.69) is 0 Å². The molecule has 2 unspecified atom stereocenters. The molecule has 2 aromatic carbocycles. The average molecular weight is 367 g/mol. The van der Waals surface area contributed by atoms with Gasteiger partial charge in [-0.3, -0.25) is 10.1 Å². The topological polar surface area (TPSA) is 91.8 Å². The van der Waals surface area contributed by atoms with Crippen LogP contribution in [0.4, 0.5) is 5.69 Å². The highest BCUT2D eigenvalue weighted by Crippen LogP contribution is 2.44. The molecule has 0 spiro atoms. The van der Waals surface area contributed by atoms with Crippen molar-refractivity contribution in [3.8, 4) is 5.75 Å². The van der Waals surface area contributed by atoms with E-state index in [1.54, 1.807) is 36.4 Å². The van der Waals surface area contributed by atoms with Gasteiger partial charge in [-0.2, -0.15) is 0 Å². The zero-order valence-corrected chi connectivity index (χ0v) is 14.6. The maximum absolute atomic E-state index is 12.7. The van der Waals surface area contributed by atoms with Crippen LogP contribution in [-0.4, -0.2) is 17.8 Å². The molecular weight excluding hydrogens is 350 g/mol. The Morgan fingerprint density at radius 3 is 2.70 bits per heavy atom. The molecule has 1 aliphatic rings. The molecule has 1 aromatic heterocycles. The minimum absolute atomic E-state index is 0.0434. The van der Waals surface area contributed by atoms with E-state index in [0.717, 1.165) is 0 Å². The number of hydrogen-bond acceptors (Lipinski definition) is 6. The van der Waals surface area contributed by atoms with Gasteiger partial charge in [-0.05, 0) is 19.1 Å². The van der Waals surface area contributed by atoms with Crippen LogP contribution in [0.5, 0.6) is 5.75 Å². The van der Waals surface area contributed by atoms with Gasteiger partial charge in [-0.15, -0.1) is 0 Å². The molecule has 7 nitrogen and oxygen atoms in total. The van der Waals surface area contributed by atoms with Gasteiger partial charge < -0.3 is 13.9 Å². The van der Waals surface area contributed by atoms with Crippen molar-refractivity contribution in [1.29, 1.82) is 0 Å². The molecule has 138 valence electrons. The van der Waals surface area contributed by atoms with E-state index in [9.17, 15) is 14.9 Å². The summed E-state index contributed by atoms with van der Waals surface area (Å²) in [5, 5.41) is 12.2. The third kappa shape index (κ3) is 2.96. The zero-order valence-electron chi connectivity index (χ0n) is 14.6. The van der Waals surface area contributed by atoms with Gasteiger partial charge >= 0.3 is 5.63 Å². The van der Waals surface area contributed by atoms with E-state index in [1.807, 2.05) is 13.0 Å². The number of rotatable bonds is 4. The van der Waals surface area contributed by atoms with Crippen molar-refractivity contribution in [1.82, 2.24) is 0 Å². The molecule has 4 rings (SSSR count). The summed E-state index contributed by atoms with van der Waals surface area (Å²) < 4.78 is 17.1. The van der Waals surface area contributed by atoms with Crippen LogP contribution in [-0.2, 0) is 4.74 Å². The minimum Gasteiger partial charge on any atom is -0.464 e. The van der Waals surface area contributed by atoms with E-state index in [1.165, 1.54) is 6.07 Å². The smallest absolute Gasteiger partial charge is 0.343 e. The van der Waals surface area contributed by atoms with E-state index < -0.39 is 22.8 Å². The number of para-hydroxylation sites is 2. The third-order valence-corrected chi connectivity index (χ3v) is 4.69. The quantitative estimate of drug-likeness (QED) is 0.393. The Morgan fingerprint density at radius 1 is 1.19 bits per heavy atom. The summed E-state index contributed by atoms with van der Waals surface area (Å²) in [6.07, 6.45) is -0.327. The lowest BCUT2D eigenvalue weighted by atomic mass is 9.85. The van der Waals surface area contributed by atoms with Gasteiger partial charge in [0.05, 0.1) is 15.9 Å². The number of hydrogen-bond donors (Lipinski definition) is 0. The highest BCUT2D eigenvalue weighted by Gasteiger charge is 2.37. The van der Waals surface area contributed by atoms with Crippen molar-refractivity contribution in [3.05, 3.63) is 80.2 Å². The first-order valence-corrected chi connectivity index (χ1v) is 8.67. The Kier molecular flexibility index (Phi) is 4.37. The fourth-order valence-corrected chi connectivity index (χ4v) is 3.57. The number of benzene rings is 2. The Balaban J connectivity index is 1.98. The summed E-state index contributed by atoms with van der Waals surface area (Å²) >= 11 is 0. The fraction of sp³-hybridized carbons (Fsp3) is 0.250. The molecule has 0 amide bonds. The summed E-state index contributed by atoms with van der Waals surface area (Å²) in [7, 11) is 0. The van der Waals surface area contributed by atoms with Gasteiger partial charge in [0.25, 0.3) is 5.69 Å². The highest BCUT2D eigenvalue weighted by molar-refractivity contribution is 5.85. The maximum atomic E-state index is 12.7. The van der Waals surface area contributed by atoms with Gasteiger partial charge in [0.2, 0.25) is 6.29 Å². The standard InChI is InChI=1S/C20H17NO6/c1-2-25-17-11-14(12-7-3-5-9-15(12)21(23)24)18-19(27-17)13-8-4-6-10-16(13)26-20(18)22/h3-10,14,17H,2,11H2,1H3. The number of fused-ring (bicyclic) bond motifs is 3. The van der Waals surface area contributed by atoms with Crippen LogP contribution in [0.15, 0.2) is 57.7 Å². The van der Waals surface area contributed by atoms with Crippen LogP contribution in [0.25, 0.3) is 11.0 Å². The maximum Gasteiger partial charge on any atom is 0.343 e. The molecule has 3 aromatic rings. The molecule has 1 aliphatic heterocycles. The van der Waals surface area contributed by atoms with E-state index in [-0.39, 0.29) is 12.1 Å². The fourth-order valence-electron chi connectivity index (χ4n) is 3.57. The SMILES string of the molecule is CCOC1CC(c2ccccc2[N+](=O)[O-])c2c(c3ccccc3oc2=O)O1. The Bertz CT molecular complexity index is 1070. The van der Waals surface area contributed by atoms with Crippen LogP contribution in [0, 0.1) is 10.1 Å². The van der Waals surface area contributed by atoms with Gasteiger partial charge in [0, 0.05) is 30.6 Å². The molecule has 27 heavy (non-hydrogen) atoms. The molecule has 0 radical (unpaired) electrons. The van der Waals surface area contributed by atoms with Crippen molar-refractivity contribution < 1.29 is 18.8 Å². The zero-order chi connectivity index (χ0) is 19.0. The second-order valence-corrected chi connectivity index (χ2v) is 6.24. The second-order valence-electron chi connectivity index (χ2n) is 6.24. The Labute approximate surface area is 154 Å². The van der Waals surface area contributed by atoms with Crippen molar-refractivity contribution in [2.75, 3.05) is 6.61 Å². The lowest BCUT2D eigenvalue weighted by molar-refractivity contribution is -0.385. The van der Waals surface area contributed by atoms with Crippen LogP contribution in [0.3, 0.4) is 0 Å².